The maximum atomic E-state index is 12.3. The molecule has 22 heavy (non-hydrogen) atoms. The van der Waals surface area contributed by atoms with Crippen molar-refractivity contribution in [2.75, 3.05) is 59.5 Å². The number of ether oxygens (including phenoxy) is 1. The van der Waals surface area contributed by atoms with Crippen molar-refractivity contribution in [1.82, 2.24) is 20.0 Å². The van der Waals surface area contributed by atoms with Crippen LogP contribution in [0.5, 0.6) is 0 Å². The average Bonchev–Trinajstić information content (AvgIpc) is 2.59. The molecule has 0 radical (unpaired) electrons. The van der Waals surface area contributed by atoms with Gasteiger partial charge in [0.2, 0.25) is 0 Å². The van der Waals surface area contributed by atoms with Crippen molar-refractivity contribution in [3.63, 3.8) is 0 Å². The van der Waals surface area contributed by atoms with Gasteiger partial charge in [-0.05, 0) is 0 Å². The van der Waals surface area contributed by atoms with E-state index in [1.165, 1.54) is 7.11 Å². The first kappa shape index (κ1) is 16.1. The van der Waals surface area contributed by atoms with Crippen molar-refractivity contribution in [2.24, 2.45) is 0 Å². The Morgan fingerprint density at radius 2 is 1.73 bits per heavy atom. The minimum Gasteiger partial charge on any atom is -0.453 e. The van der Waals surface area contributed by atoms with Crippen molar-refractivity contribution in [3.8, 4) is 6.07 Å². The number of carbonyl (C=O) groups is 2. The second-order valence-corrected chi connectivity index (χ2v) is 5.19. The summed E-state index contributed by atoms with van der Waals surface area (Å²) in [6.45, 7) is 4.93. The number of rotatable bonds is 2. The zero-order valence-corrected chi connectivity index (χ0v) is 12.7. The van der Waals surface area contributed by atoms with E-state index in [-0.39, 0.29) is 17.6 Å². The van der Waals surface area contributed by atoms with E-state index in [0.29, 0.717) is 39.3 Å². The molecule has 2 fully saturated rings. The average molecular weight is 307 g/mol. The predicted octanol–water partition coefficient (Wildman–Crippen LogP) is -0.790. The molecule has 2 amide bonds. The number of nitriles is 1. The highest BCUT2D eigenvalue weighted by Crippen LogP contribution is 2.09. The van der Waals surface area contributed by atoms with Gasteiger partial charge in [-0.2, -0.15) is 5.26 Å². The predicted molar refractivity (Wildman–Crippen MR) is 78.7 cm³/mol. The molecule has 0 unspecified atom stereocenters. The summed E-state index contributed by atoms with van der Waals surface area (Å²) in [4.78, 5) is 28.9. The van der Waals surface area contributed by atoms with Crippen molar-refractivity contribution >= 4 is 12.0 Å². The zero-order valence-electron chi connectivity index (χ0n) is 12.7. The van der Waals surface area contributed by atoms with Gasteiger partial charge in [-0.1, -0.05) is 0 Å². The molecule has 120 valence electrons. The van der Waals surface area contributed by atoms with Crippen LogP contribution in [0.2, 0.25) is 0 Å². The highest BCUT2D eigenvalue weighted by molar-refractivity contribution is 5.97. The number of methoxy groups -OCH3 is 1. The van der Waals surface area contributed by atoms with Crippen LogP contribution < -0.4 is 5.32 Å². The monoisotopic (exact) mass is 307 g/mol. The molecule has 1 N–H and O–H groups in total. The van der Waals surface area contributed by atoms with Crippen LogP contribution >= 0.6 is 0 Å². The van der Waals surface area contributed by atoms with Crippen LogP contribution in [0.4, 0.5) is 4.79 Å². The van der Waals surface area contributed by atoms with E-state index >= 15 is 0 Å². The number of carbonyl (C=O) groups excluding carboxylic acids is 2. The van der Waals surface area contributed by atoms with Crippen molar-refractivity contribution in [1.29, 1.82) is 5.26 Å². The number of hydrogen-bond donors (Lipinski definition) is 1. The third-order valence-electron chi connectivity index (χ3n) is 3.81. The highest BCUT2D eigenvalue weighted by Gasteiger charge is 2.23. The lowest BCUT2D eigenvalue weighted by atomic mass is 10.2. The number of piperazine rings is 2. The Balaban J connectivity index is 1.94. The summed E-state index contributed by atoms with van der Waals surface area (Å²) in [5, 5.41) is 12.4. The van der Waals surface area contributed by atoms with E-state index in [1.54, 1.807) is 16.0 Å². The molecular formula is C14H21N5O3. The standard InChI is InChI=1S/C14H21N5O3/c1-22-14(21)19-8-6-17(7-9-19)11-12(10-15)13(20)18-4-2-16-3-5-18/h11,16H,2-9H2,1H3/b12-11-. The second-order valence-electron chi connectivity index (χ2n) is 5.19. The van der Waals surface area contributed by atoms with Crippen LogP contribution in [0.25, 0.3) is 0 Å². The molecule has 2 rings (SSSR count). The summed E-state index contributed by atoms with van der Waals surface area (Å²) in [7, 11) is 1.36. The molecule has 0 saturated carbocycles. The quantitative estimate of drug-likeness (QED) is 0.531. The molecule has 8 nitrogen and oxygen atoms in total. The van der Waals surface area contributed by atoms with Crippen molar-refractivity contribution < 1.29 is 14.3 Å². The maximum absolute atomic E-state index is 12.3. The molecule has 0 atom stereocenters. The smallest absolute Gasteiger partial charge is 0.409 e. The highest BCUT2D eigenvalue weighted by atomic mass is 16.5. The molecule has 2 aliphatic heterocycles. The summed E-state index contributed by atoms with van der Waals surface area (Å²) < 4.78 is 4.68. The Morgan fingerprint density at radius 1 is 1.09 bits per heavy atom. The van der Waals surface area contributed by atoms with Crippen LogP contribution in [0, 0.1) is 11.3 Å². The van der Waals surface area contributed by atoms with E-state index < -0.39 is 0 Å². The molecule has 0 bridgehead atoms. The molecule has 2 heterocycles. The lowest BCUT2D eigenvalue weighted by Crippen LogP contribution is -2.48. The molecule has 0 spiro atoms. The van der Waals surface area contributed by atoms with Crippen LogP contribution in [0.3, 0.4) is 0 Å². The first-order valence-electron chi connectivity index (χ1n) is 7.34. The molecule has 2 saturated heterocycles. The minimum atomic E-state index is -0.346. The minimum absolute atomic E-state index is 0.147. The van der Waals surface area contributed by atoms with E-state index in [2.05, 4.69) is 10.1 Å². The normalized spacial score (nSPS) is 19.6. The van der Waals surface area contributed by atoms with E-state index in [1.807, 2.05) is 11.0 Å². The van der Waals surface area contributed by atoms with Crippen LogP contribution in [0.1, 0.15) is 0 Å². The Kier molecular flexibility index (Phi) is 5.61. The summed E-state index contributed by atoms with van der Waals surface area (Å²) in [6.07, 6.45) is 1.26. The fourth-order valence-electron chi connectivity index (χ4n) is 2.52. The first-order valence-corrected chi connectivity index (χ1v) is 7.34. The molecule has 2 aliphatic rings. The van der Waals surface area contributed by atoms with Crippen LogP contribution in [-0.2, 0) is 9.53 Å². The topological polar surface area (TPSA) is 88.9 Å². The Labute approximate surface area is 129 Å². The number of nitrogens with zero attached hydrogens (tertiary/aromatic N) is 4. The third-order valence-corrected chi connectivity index (χ3v) is 3.81. The van der Waals surface area contributed by atoms with Gasteiger partial charge in [-0.15, -0.1) is 0 Å². The lowest BCUT2D eigenvalue weighted by molar-refractivity contribution is -0.127. The van der Waals surface area contributed by atoms with Gasteiger partial charge in [0.15, 0.2) is 0 Å². The van der Waals surface area contributed by atoms with Crippen molar-refractivity contribution in [2.45, 2.75) is 0 Å². The molecule has 8 heteroatoms. The van der Waals surface area contributed by atoms with Crippen LogP contribution in [-0.4, -0.2) is 86.2 Å². The van der Waals surface area contributed by atoms with E-state index in [0.717, 1.165) is 13.1 Å². The van der Waals surface area contributed by atoms with Gasteiger partial charge in [0, 0.05) is 58.6 Å². The Bertz CT molecular complexity index is 485. The molecule has 0 aliphatic carbocycles. The summed E-state index contributed by atoms with van der Waals surface area (Å²) >= 11 is 0. The number of amides is 2. The Morgan fingerprint density at radius 3 is 2.27 bits per heavy atom. The Hall–Kier alpha value is -2.27. The van der Waals surface area contributed by atoms with Gasteiger partial charge in [-0.25, -0.2) is 4.79 Å². The van der Waals surface area contributed by atoms with Gasteiger partial charge < -0.3 is 24.8 Å². The van der Waals surface area contributed by atoms with Gasteiger partial charge in [0.05, 0.1) is 7.11 Å². The number of nitrogens with one attached hydrogen (secondary N) is 1. The van der Waals surface area contributed by atoms with Gasteiger partial charge >= 0.3 is 6.09 Å². The zero-order chi connectivity index (χ0) is 15.9. The second kappa shape index (κ2) is 7.66. The van der Waals surface area contributed by atoms with Gasteiger partial charge in [0.25, 0.3) is 5.91 Å². The molecule has 0 aromatic carbocycles. The largest absolute Gasteiger partial charge is 0.453 e. The summed E-state index contributed by atoms with van der Waals surface area (Å²) in [5.74, 6) is -0.223. The summed E-state index contributed by atoms with van der Waals surface area (Å²) in [6, 6.07) is 1.99. The molecule has 0 aromatic rings. The third kappa shape index (κ3) is 3.89. The van der Waals surface area contributed by atoms with Crippen LogP contribution in [0.15, 0.2) is 11.8 Å². The fourth-order valence-corrected chi connectivity index (χ4v) is 2.52. The van der Waals surface area contributed by atoms with Crippen molar-refractivity contribution in [3.05, 3.63) is 11.8 Å². The van der Waals surface area contributed by atoms with Gasteiger partial charge in [-0.3, -0.25) is 4.79 Å². The van der Waals surface area contributed by atoms with E-state index in [9.17, 15) is 14.9 Å². The molecular weight excluding hydrogens is 286 g/mol. The lowest BCUT2D eigenvalue weighted by Gasteiger charge is -2.33. The molecule has 0 aromatic heterocycles. The maximum Gasteiger partial charge on any atom is 0.409 e. The SMILES string of the molecule is COC(=O)N1CCN(/C=C(/C#N)C(=O)N2CCNCC2)CC1. The fraction of sp³-hybridized carbons (Fsp3) is 0.643. The number of hydrogen-bond acceptors (Lipinski definition) is 6. The van der Waals surface area contributed by atoms with E-state index in [4.69, 9.17) is 0 Å². The van der Waals surface area contributed by atoms with Gasteiger partial charge in [0.1, 0.15) is 11.6 Å². The first-order chi connectivity index (χ1) is 10.7. The summed E-state index contributed by atoms with van der Waals surface area (Å²) in [5.41, 5.74) is 0.147.